The fraction of sp³-hybridized carbons (Fsp3) is 0.600. The highest BCUT2D eigenvalue weighted by Crippen LogP contribution is 2.23. The lowest BCUT2D eigenvalue weighted by Gasteiger charge is -2.27. The lowest BCUT2D eigenvalue weighted by Crippen LogP contribution is -2.42. The van der Waals surface area contributed by atoms with Crippen LogP contribution in [-0.4, -0.2) is 64.8 Å². The van der Waals surface area contributed by atoms with Gasteiger partial charge in [0.2, 0.25) is 0 Å². The summed E-state index contributed by atoms with van der Waals surface area (Å²) in [4.78, 5) is 1.82. The molecule has 120 valence electrons. The molecule has 0 amide bonds. The quantitative estimate of drug-likeness (QED) is 0.617. The molecule has 21 heavy (non-hydrogen) atoms. The summed E-state index contributed by atoms with van der Waals surface area (Å²) in [6.07, 6.45) is -1.73. The largest absolute Gasteiger partial charge is 0.490 e. The summed E-state index contributed by atoms with van der Waals surface area (Å²) >= 11 is 3.38. The first-order valence-corrected chi connectivity index (χ1v) is 7.81. The third-order valence-electron chi connectivity index (χ3n) is 2.78. The Bertz CT molecular complexity index is 404. The van der Waals surface area contributed by atoms with Crippen LogP contribution in [-0.2, 0) is 0 Å². The van der Waals surface area contributed by atoms with E-state index < -0.39 is 18.3 Å². The Kier molecular flexibility index (Phi) is 8.21. The lowest BCUT2D eigenvalue weighted by atomic mass is 10.2. The van der Waals surface area contributed by atoms with Gasteiger partial charge in [-0.15, -0.1) is 0 Å². The minimum Gasteiger partial charge on any atom is -0.490 e. The molecule has 1 aromatic carbocycles. The molecule has 1 rings (SSSR count). The molecule has 0 saturated heterocycles. The maximum absolute atomic E-state index is 10.1. The van der Waals surface area contributed by atoms with E-state index in [1.165, 1.54) is 0 Å². The Morgan fingerprint density at radius 3 is 2.14 bits per heavy atom. The van der Waals surface area contributed by atoms with Crippen molar-refractivity contribution in [2.45, 2.75) is 32.2 Å². The number of hydrogen-bond acceptors (Lipinski definition) is 5. The number of rotatable bonds is 9. The van der Waals surface area contributed by atoms with Crippen molar-refractivity contribution in [2.24, 2.45) is 0 Å². The molecule has 0 spiro atoms. The van der Waals surface area contributed by atoms with Crippen LogP contribution < -0.4 is 4.74 Å². The predicted molar refractivity (Wildman–Crippen MR) is 85.4 cm³/mol. The van der Waals surface area contributed by atoms with E-state index in [1.807, 2.05) is 29.2 Å². The van der Waals surface area contributed by atoms with Crippen molar-refractivity contribution in [1.82, 2.24) is 4.90 Å². The van der Waals surface area contributed by atoms with E-state index in [0.717, 1.165) is 4.47 Å². The molecule has 0 fully saturated rings. The molecule has 0 aliphatic heterocycles. The summed E-state index contributed by atoms with van der Waals surface area (Å²) in [5.41, 5.74) is 0. The van der Waals surface area contributed by atoms with E-state index in [1.54, 1.807) is 13.8 Å². The van der Waals surface area contributed by atoms with Gasteiger partial charge in [-0.3, -0.25) is 4.90 Å². The SMILES string of the molecule is C[C@H](O)CN(C[C@H](O)COc1ccccc1Br)C[C@@H](C)O. The second-order valence-electron chi connectivity index (χ2n) is 5.31. The molecular formula is C15H24BrNO4. The smallest absolute Gasteiger partial charge is 0.133 e. The van der Waals surface area contributed by atoms with Gasteiger partial charge in [-0.2, -0.15) is 0 Å². The molecule has 1 aromatic rings. The second kappa shape index (κ2) is 9.38. The molecule has 6 heteroatoms. The van der Waals surface area contributed by atoms with Gasteiger partial charge in [-0.1, -0.05) is 12.1 Å². The van der Waals surface area contributed by atoms with Crippen LogP contribution in [0.3, 0.4) is 0 Å². The zero-order valence-corrected chi connectivity index (χ0v) is 14.0. The van der Waals surface area contributed by atoms with Crippen molar-refractivity contribution >= 4 is 15.9 Å². The Morgan fingerprint density at radius 1 is 1.05 bits per heavy atom. The lowest BCUT2D eigenvalue weighted by molar-refractivity contribution is 0.0299. The van der Waals surface area contributed by atoms with E-state index in [0.29, 0.717) is 25.4 Å². The summed E-state index contributed by atoms with van der Waals surface area (Å²) in [6, 6.07) is 7.44. The summed E-state index contributed by atoms with van der Waals surface area (Å²) in [5.74, 6) is 0.675. The van der Waals surface area contributed by atoms with Crippen LogP contribution >= 0.6 is 15.9 Å². The zero-order valence-electron chi connectivity index (χ0n) is 12.4. The van der Waals surface area contributed by atoms with Crippen LogP contribution in [0.2, 0.25) is 0 Å². The van der Waals surface area contributed by atoms with Gasteiger partial charge in [0.05, 0.1) is 16.7 Å². The van der Waals surface area contributed by atoms with Crippen LogP contribution in [0.1, 0.15) is 13.8 Å². The summed E-state index contributed by atoms with van der Waals surface area (Å²) in [6.45, 7) is 4.64. The molecule has 3 atom stereocenters. The normalized spacial score (nSPS) is 15.8. The number of ether oxygens (including phenoxy) is 1. The van der Waals surface area contributed by atoms with Gasteiger partial charge < -0.3 is 20.1 Å². The number of halogens is 1. The molecule has 0 aromatic heterocycles. The first-order valence-electron chi connectivity index (χ1n) is 7.02. The number of hydrogen-bond donors (Lipinski definition) is 3. The van der Waals surface area contributed by atoms with Crippen LogP contribution in [0, 0.1) is 0 Å². The average Bonchev–Trinajstić information content (AvgIpc) is 2.36. The van der Waals surface area contributed by atoms with Crippen molar-refractivity contribution in [2.75, 3.05) is 26.2 Å². The Hall–Kier alpha value is -0.660. The van der Waals surface area contributed by atoms with Crippen molar-refractivity contribution in [3.63, 3.8) is 0 Å². The number of para-hydroxylation sites is 1. The van der Waals surface area contributed by atoms with Gasteiger partial charge in [0.1, 0.15) is 18.5 Å². The highest BCUT2D eigenvalue weighted by Gasteiger charge is 2.16. The molecule has 0 unspecified atom stereocenters. The molecule has 5 nitrogen and oxygen atoms in total. The van der Waals surface area contributed by atoms with Gasteiger partial charge in [-0.25, -0.2) is 0 Å². The van der Waals surface area contributed by atoms with Gasteiger partial charge in [0, 0.05) is 19.6 Å². The fourth-order valence-electron chi connectivity index (χ4n) is 2.07. The number of benzene rings is 1. The standard InChI is InChI=1S/C15H24BrNO4/c1-11(18)7-17(8-12(2)19)9-13(20)10-21-15-6-4-3-5-14(15)16/h3-6,11-13,18-20H,7-10H2,1-2H3/t11-,12+,13-/m0/s1. The van der Waals surface area contributed by atoms with E-state index in [2.05, 4.69) is 15.9 Å². The predicted octanol–water partition coefficient (Wildman–Crippen LogP) is 1.25. The Balaban J connectivity index is 2.46. The number of aliphatic hydroxyl groups is 3. The maximum atomic E-state index is 10.1. The summed E-state index contributed by atoms with van der Waals surface area (Å²) in [5, 5.41) is 29.0. The van der Waals surface area contributed by atoms with E-state index in [-0.39, 0.29) is 6.61 Å². The molecule has 0 aliphatic rings. The van der Waals surface area contributed by atoms with E-state index >= 15 is 0 Å². The highest BCUT2D eigenvalue weighted by atomic mass is 79.9. The van der Waals surface area contributed by atoms with Crippen molar-refractivity contribution < 1.29 is 20.1 Å². The minimum absolute atomic E-state index is 0.152. The highest BCUT2D eigenvalue weighted by molar-refractivity contribution is 9.10. The molecule has 0 bridgehead atoms. The molecular weight excluding hydrogens is 338 g/mol. The van der Waals surface area contributed by atoms with Crippen LogP contribution in [0.25, 0.3) is 0 Å². The van der Waals surface area contributed by atoms with Crippen LogP contribution in [0.5, 0.6) is 5.75 Å². The van der Waals surface area contributed by atoms with E-state index in [9.17, 15) is 15.3 Å². The molecule has 3 N–H and O–H groups in total. The summed E-state index contributed by atoms with van der Waals surface area (Å²) < 4.78 is 6.40. The van der Waals surface area contributed by atoms with Crippen molar-refractivity contribution in [3.05, 3.63) is 28.7 Å². The third kappa shape index (κ3) is 7.78. The molecule has 0 saturated carbocycles. The Morgan fingerprint density at radius 2 is 1.62 bits per heavy atom. The van der Waals surface area contributed by atoms with Gasteiger partial charge in [-0.05, 0) is 41.9 Å². The molecule has 0 aliphatic carbocycles. The number of aliphatic hydroxyl groups excluding tert-OH is 3. The minimum atomic E-state index is -0.699. The Labute approximate surface area is 134 Å². The summed E-state index contributed by atoms with van der Waals surface area (Å²) in [7, 11) is 0. The third-order valence-corrected chi connectivity index (χ3v) is 3.44. The van der Waals surface area contributed by atoms with E-state index in [4.69, 9.17) is 4.74 Å². The maximum Gasteiger partial charge on any atom is 0.133 e. The second-order valence-corrected chi connectivity index (χ2v) is 6.17. The van der Waals surface area contributed by atoms with Crippen molar-refractivity contribution in [3.8, 4) is 5.75 Å². The van der Waals surface area contributed by atoms with Gasteiger partial charge >= 0.3 is 0 Å². The van der Waals surface area contributed by atoms with Gasteiger partial charge in [0.15, 0.2) is 0 Å². The zero-order chi connectivity index (χ0) is 15.8. The first kappa shape index (κ1) is 18.4. The van der Waals surface area contributed by atoms with Crippen LogP contribution in [0.4, 0.5) is 0 Å². The van der Waals surface area contributed by atoms with Crippen LogP contribution in [0.15, 0.2) is 28.7 Å². The monoisotopic (exact) mass is 361 g/mol. The fourth-order valence-corrected chi connectivity index (χ4v) is 2.47. The molecule has 0 heterocycles. The topological polar surface area (TPSA) is 73.2 Å². The average molecular weight is 362 g/mol. The number of nitrogens with zero attached hydrogens (tertiary/aromatic N) is 1. The first-order chi connectivity index (χ1) is 9.88. The van der Waals surface area contributed by atoms with Gasteiger partial charge in [0.25, 0.3) is 0 Å². The van der Waals surface area contributed by atoms with Crippen molar-refractivity contribution in [1.29, 1.82) is 0 Å². The molecule has 0 radical (unpaired) electrons.